The molecule has 0 radical (unpaired) electrons. The smallest absolute Gasteiger partial charge is 0.323 e. The molecule has 3 aromatic rings. The molecule has 1 unspecified atom stereocenters. The summed E-state index contributed by atoms with van der Waals surface area (Å²) in [6.07, 6.45) is 2.36. The van der Waals surface area contributed by atoms with Crippen LogP contribution >= 0.6 is 0 Å². The van der Waals surface area contributed by atoms with E-state index in [4.69, 9.17) is 4.74 Å². The van der Waals surface area contributed by atoms with Crippen LogP contribution < -0.4 is 0 Å². The van der Waals surface area contributed by atoms with Gasteiger partial charge < -0.3 is 9.84 Å². The van der Waals surface area contributed by atoms with Crippen LogP contribution in [0.25, 0.3) is 0 Å². The molecule has 4 nitrogen and oxygen atoms in total. The molecule has 1 N–H and O–H groups in total. The number of unbranched alkanes of at least 4 members (excludes halogenated alkanes) is 1. The minimum absolute atomic E-state index is 0.0167. The zero-order valence-corrected chi connectivity index (χ0v) is 18.8. The number of nitrogens with zero attached hydrogens (tertiary/aromatic N) is 1. The van der Waals surface area contributed by atoms with E-state index in [1.165, 1.54) is 0 Å². The summed E-state index contributed by atoms with van der Waals surface area (Å²) in [5.74, 6) is -0.195. The van der Waals surface area contributed by atoms with Gasteiger partial charge in [-0.2, -0.15) is 0 Å². The first kappa shape index (κ1) is 23.7. The van der Waals surface area contributed by atoms with Gasteiger partial charge in [-0.15, -0.1) is 0 Å². The maximum atomic E-state index is 13.3. The van der Waals surface area contributed by atoms with Gasteiger partial charge in [-0.05, 0) is 35.1 Å². The van der Waals surface area contributed by atoms with Crippen molar-refractivity contribution >= 4 is 5.97 Å². The second kappa shape index (κ2) is 12.8. The highest BCUT2D eigenvalue weighted by Gasteiger charge is 2.28. The molecular formula is C28H33NO3. The van der Waals surface area contributed by atoms with Gasteiger partial charge in [-0.1, -0.05) is 98.3 Å². The van der Waals surface area contributed by atoms with Crippen molar-refractivity contribution in [3.05, 3.63) is 107 Å². The monoisotopic (exact) mass is 431 g/mol. The van der Waals surface area contributed by atoms with Gasteiger partial charge in [0.05, 0.1) is 13.2 Å². The summed E-state index contributed by atoms with van der Waals surface area (Å²) in [6, 6.07) is 27.8. The van der Waals surface area contributed by atoms with Crippen molar-refractivity contribution in [2.24, 2.45) is 0 Å². The molecule has 0 saturated heterocycles. The third kappa shape index (κ3) is 7.33. The topological polar surface area (TPSA) is 49.8 Å². The van der Waals surface area contributed by atoms with Crippen LogP contribution in [0.3, 0.4) is 0 Å². The first-order valence-electron chi connectivity index (χ1n) is 11.4. The van der Waals surface area contributed by atoms with Crippen molar-refractivity contribution < 1.29 is 14.6 Å². The van der Waals surface area contributed by atoms with Crippen LogP contribution in [0.1, 0.15) is 42.0 Å². The molecule has 0 aliphatic heterocycles. The number of hydrogen-bond acceptors (Lipinski definition) is 4. The van der Waals surface area contributed by atoms with Gasteiger partial charge in [0.25, 0.3) is 0 Å². The van der Waals surface area contributed by atoms with Crippen LogP contribution in [0.4, 0.5) is 0 Å². The molecule has 0 heterocycles. The Labute approximate surface area is 191 Å². The molecule has 3 aromatic carbocycles. The lowest BCUT2D eigenvalue weighted by Gasteiger charge is -2.31. The van der Waals surface area contributed by atoms with Crippen LogP contribution in [-0.4, -0.2) is 28.6 Å². The molecule has 0 spiro atoms. The predicted molar refractivity (Wildman–Crippen MR) is 128 cm³/mol. The quantitative estimate of drug-likeness (QED) is 0.319. The number of esters is 1. The van der Waals surface area contributed by atoms with Crippen LogP contribution in [0.2, 0.25) is 0 Å². The fraction of sp³-hybridized carbons (Fsp3) is 0.321. The Bertz CT molecular complexity index is 902. The van der Waals surface area contributed by atoms with Crippen LogP contribution in [0, 0.1) is 0 Å². The van der Waals surface area contributed by atoms with E-state index in [9.17, 15) is 9.90 Å². The van der Waals surface area contributed by atoms with E-state index in [0.717, 1.165) is 35.1 Å². The molecule has 3 rings (SSSR count). The SMILES string of the molecule is CCCCOC(=O)C(Cc1cccc(CO)c1)N(Cc1ccccc1)Cc1ccccc1. The number of ether oxygens (including phenoxy) is 1. The van der Waals surface area contributed by atoms with Gasteiger partial charge in [0.15, 0.2) is 0 Å². The number of aliphatic hydroxyl groups excluding tert-OH is 1. The van der Waals surface area contributed by atoms with E-state index in [1.54, 1.807) is 0 Å². The highest BCUT2D eigenvalue weighted by atomic mass is 16.5. The Balaban J connectivity index is 1.90. The lowest BCUT2D eigenvalue weighted by atomic mass is 10.0. The number of rotatable bonds is 12. The van der Waals surface area contributed by atoms with Gasteiger partial charge >= 0.3 is 5.97 Å². The van der Waals surface area contributed by atoms with E-state index in [1.807, 2.05) is 60.7 Å². The minimum Gasteiger partial charge on any atom is -0.465 e. The Kier molecular flexibility index (Phi) is 9.48. The Morgan fingerprint density at radius 2 is 1.41 bits per heavy atom. The Morgan fingerprint density at radius 1 is 0.844 bits per heavy atom. The van der Waals surface area contributed by atoms with E-state index >= 15 is 0 Å². The van der Waals surface area contributed by atoms with E-state index in [-0.39, 0.29) is 12.6 Å². The molecule has 0 aromatic heterocycles. The third-order valence-electron chi connectivity index (χ3n) is 5.52. The first-order chi connectivity index (χ1) is 15.7. The summed E-state index contributed by atoms with van der Waals surface area (Å²) in [6.45, 7) is 3.79. The van der Waals surface area contributed by atoms with Crippen molar-refractivity contribution in [3.63, 3.8) is 0 Å². The molecular weight excluding hydrogens is 398 g/mol. The van der Waals surface area contributed by atoms with Crippen molar-refractivity contribution in [2.45, 2.75) is 51.9 Å². The lowest BCUT2D eigenvalue weighted by Crippen LogP contribution is -2.43. The summed E-state index contributed by atoms with van der Waals surface area (Å²) in [5, 5.41) is 9.55. The molecule has 4 heteroatoms. The summed E-state index contributed by atoms with van der Waals surface area (Å²) in [7, 11) is 0. The summed E-state index contributed by atoms with van der Waals surface area (Å²) in [5.41, 5.74) is 4.16. The Hall–Kier alpha value is -2.95. The molecule has 1 atom stereocenters. The van der Waals surface area contributed by atoms with Crippen LogP contribution in [0.15, 0.2) is 84.9 Å². The molecule has 0 aliphatic rings. The summed E-state index contributed by atoms with van der Waals surface area (Å²) in [4.78, 5) is 15.5. The zero-order valence-electron chi connectivity index (χ0n) is 18.8. The number of carbonyl (C=O) groups is 1. The Morgan fingerprint density at radius 3 is 1.97 bits per heavy atom. The highest BCUT2D eigenvalue weighted by molar-refractivity contribution is 5.76. The van der Waals surface area contributed by atoms with Crippen LogP contribution in [-0.2, 0) is 35.6 Å². The fourth-order valence-corrected chi connectivity index (χ4v) is 3.77. The normalized spacial score (nSPS) is 12.0. The lowest BCUT2D eigenvalue weighted by molar-refractivity contribution is -0.150. The van der Waals surface area contributed by atoms with Crippen molar-refractivity contribution in [1.29, 1.82) is 0 Å². The average Bonchev–Trinajstić information content (AvgIpc) is 2.83. The summed E-state index contributed by atoms with van der Waals surface area (Å²) >= 11 is 0. The number of aliphatic hydroxyl groups is 1. The third-order valence-corrected chi connectivity index (χ3v) is 5.52. The number of carbonyl (C=O) groups excluding carboxylic acids is 1. The number of benzene rings is 3. The molecule has 0 fully saturated rings. The van der Waals surface area contributed by atoms with E-state index in [0.29, 0.717) is 26.1 Å². The highest BCUT2D eigenvalue weighted by Crippen LogP contribution is 2.19. The molecule has 32 heavy (non-hydrogen) atoms. The van der Waals surface area contributed by atoms with Crippen molar-refractivity contribution in [2.75, 3.05) is 6.61 Å². The molecule has 0 aliphatic carbocycles. The summed E-state index contributed by atoms with van der Waals surface area (Å²) < 4.78 is 5.70. The standard InChI is InChI=1S/C28H33NO3/c1-2-3-17-32-28(31)27(19-25-15-10-16-26(18-25)22-30)29(20-23-11-6-4-7-12-23)21-24-13-8-5-9-14-24/h4-16,18,27,30H,2-3,17,19-22H2,1H3. The molecule has 168 valence electrons. The van der Waals surface area contributed by atoms with Crippen LogP contribution in [0.5, 0.6) is 0 Å². The van der Waals surface area contributed by atoms with E-state index < -0.39 is 6.04 Å². The van der Waals surface area contributed by atoms with Crippen molar-refractivity contribution in [1.82, 2.24) is 4.90 Å². The predicted octanol–water partition coefficient (Wildman–Crippen LogP) is 5.14. The molecule has 0 saturated carbocycles. The van der Waals surface area contributed by atoms with Gasteiger partial charge in [0.2, 0.25) is 0 Å². The maximum absolute atomic E-state index is 13.3. The maximum Gasteiger partial charge on any atom is 0.323 e. The first-order valence-corrected chi connectivity index (χ1v) is 11.4. The van der Waals surface area contributed by atoms with Crippen molar-refractivity contribution in [3.8, 4) is 0 Å². The van der Waals surface area contributed by atoms with Gasteiger partial charge in [0.1, 0.15) is 6.04 Å². The second-order valence-electron chi connectivity index (χ2n) is 8.10. The largest absolute Gasteiger partial charge is 0.465 e. The fourth-order valence-electron chi connectivity index (χ4n) is 3.77. The van der Waals surface area contributed by atoms with Gasteiger partial charge in [-0.25, -0.2) is 0 Å². The van der Waals surface area contributed by atoms with E-state index in [2.05, 4.69) is 36.1 Å². The zero-order chi connectivity index (χ0) is 22.6. The van der Waals surface area contributed by atoms with Gasteiger partial charge in [0, 0.05) is 13.1 Å². The molecule has 0 amide bonds. The average molecular weight is 432 g/mol. The number of hydrogen-bond donors (Lipinski definition) is 1. The second-order valence-corrected chi connectivity index (χ2v) is 8.10. The van der Waals surface area contributed by atoms with Gasteiger partial charge in [-0.3, -0.25) is 9.69 Å². The molecule has 0 bridgehead atoms. The minimum atomic E-state index is -0.429.